The van der Waals surface area contributed by atoms with Crippen LogP contribution in [0, 0.1) is 0 Å². The molecule has 3 aromatic carbocycles. The van der Waals surface area contributed by atoms with Crippen LogP contribution in [0.3, 0.4) is 0 Å². The maximum absolute atomic E-state index is 11.8. The summed E-state index contributed by atoms with van der Waals surface area (Å²) in [5, 5.41) is 3.32. The van der Waals surface area contributed by atoms with Crippen LogP contribution in [0.1, 0.15) is 36.8 Å². The largest absolute Gasteiger partial charge is 0.403 e. The molecule has 0 aliphatic heterocycles. The van der Waals surface area contributed by atoms with Crippen LogP contribution in [-0.2, 0) is 11.0 Å². The van der Waals surface area contributed by atoms with E-state index in [4.69, 9.17) is 4.43 Å². The molecule has 4 rings (SSSR count). The molecule has 4 heteroatoms. The van der Waals surface area contributed by atoms with Gasteiger partial charge in [0, 0.05) is 10.9 Å². The fourth-order valence-electron chi connectivity index (χ4n) is 4.34. The molecule has 0 N–H and O–H groups in total. The van der Waals surface area contributed by atoms with Crippen molar-refractivity contribution < 1.29 is 9.22 Å². The Morgan fingerprint density at radius 3 is 1.94 bits per heavy atom. The van der Waals surface area contributed by atoms with Crippen LogP contribution in [0.25, 0.3) is 10.9 Å². The van der Waals surface area contributed by atoms with Crippen LogP contribution in [0.4, 0.5) is 0 Å². The Hall–Kier alpha value is -3.08. The van der Waals surface area contributed by atoms with Crippen molar-refractivity contribution in [2.45, 2.75) is 32.4 Å². The number of nitrogens with zero attached hydrogens (tertiary/aromatic N) is 1. The SMILES string of the molecule is CC(C)(C)[Si](OCc1cc2ccccc2nc1C=O)(c1ccccc1)c1ccccc1. The van der Waals surface area contributed by atoms with E-state index in [0.717, 1.165) is 22.8 Å². The van der Waals surface area contributed by atoms with E-state index in [9.17, 15) is 4.79 Å². The van der Waals surface area contributed by atoms with E-state index in [1.54, 1.807) is 0 Å². The molecule has 0 bridgehead atoms. The molecule has 0 saturated heterocycles. The molecular weight excluding hydrogens is 398 g/mol. The number of aromatic nitrogens is 1. The van der Waals surface area contributed by atoms with Crippen molar-refractivity contribution in [3.8, 4) is 0 Å². The van der Waals surface area contributed by atoms with Crippen LogP contribution < -0.4 is 10.4 Å². The first-order chi connectivity index (χ1) is 15.0. The number of hydrogen-bond donors (Lipinski definition) is 0. The highest BCUT2D eigenvalue weighted by Gasteiger charge is 2.50. The zero-order valence-corrected chi connectivity index (χ0v) is 19.2. The second-order valence-corrected chi connectivity index (χ2v) is 13.1. The van der Waals surface area contributed by atoms with Crippen LogP contribution >= 0.6 is 0 Å². The van der Waals surface area contributed by atoms with Gasteiger partial charge in [-0.1, -0.05) is 99.6 Å². The number of carbonyl (C=O) groups excluding carboxylic acids is 1. The maximum Gasteiger partial charge on any atom is 0.261 e. The molecule has 31 heavy (non-hydrogen) atoms. The van der Waals surface area contributed by atoms with Gasteiger partial charge in [0.15, 0.2) is 6.29 Å². The Bertz CT molecular complexity index is 1140. The third-order valence-electron chi connectivity index (χ3n) is 5.81. The smallest absolute Gasteiger partial charge is 0.261 e. The molecule has 0 radical (unpaired) electrons. The minimum Gasteiger partial charge on any atom is -0.403 e. The van der Waals surface area contributed by atoms with Crippen molar-refractivity contribution in [1.82, 2.24) is 4.98 Å². The van der Waals surface area contributed by atoms with Crippen molar-refractivity contribution >= 4 is 35.9 Å². The van der Waals surface area contributed by atoms with E-state index >= 15 is 0 Å². The van der Waals surface area contributed by atoms with E-state index in [0.29, 0.717) is 12.3 Å². The molecule has 0 amide bonds. The molecule has 0 aliphatic carbocycles. The van der Waals surface area contributed by atoms with E-state index in [-0.39, 0.29) is 5.04 Å². The molecule has 0 atom stereocenters. The van der Waals surface area contributed by atoms with Crippen molar-refractivity contribution in [2.75, 3.05) is 0 Å². The third-order valence-corrected chi connectivity index (χ3v) is 10.8. The zero-order chi connectivity index (χ0) is 21.9. The van der Waals surface area contributed by atoms with Crippen molar-refractivity contribution in [2.24, 2.45) is 0 Å². The van der Waals surface area contributed by atoms with Crippen LogP contribution in [0.15, 0.2) is 91.0 Å². The van der Waals surface area contributed by atoms with Gasteiger partial charge in [-0.05, 0) is 27.5 Å². The van der Waals surface area contributed by atoms with Gasteiger partial charge in [0.25, 0.3) is 8.32 Å². The van der Waals surface area contributed by atoms with E-state index < -0.39 is 8.32 Å². The molecule has 0 aliphatic rings. The molecule has 0 unspecified atom stereocenters. The number of rotatable bonds is 6. The normalized spacial score (nSPS) is 12.1. The predicted octanol–water partition coefficient (Wildman–Crippen LogP) is 5.12. The first-order valence-electron chi connectivity index (χ1n) is 10.5. The summed E-state index contributed by atoms with van der Waals surface area (Å²) in [5.74, 6) is 0. The van der Waals surface area contributed by atoms with Crippen molar-refractivity contribution in [1.29, 1.82) is 0 Å². The summed E-state index contributed by atoms with van der Waals surface area (Å²) in [6, 6.07) is 30.9. The number of aldehydes is 1. The fraction of sp³-hybridized carbons (Fsp3) is 0.185. The minimum atomic E-state index is -2.68. The predicted molar refractivity (Wildman–Crippen MR) is 130 cm³/mol. The van der Waals surface area contributed by atoms with E-state index in [1.165, 1.54) is 10.4 Å². The second-order valence-electron chi connectivity index (χ2n) is 8.80. The summed E-state index contributed by atoms with van der Waals surface area (Å²) in [6.07, 6.45) is 0.830. The van der Waals surface area contributed by atoms with Crippen molar-refractivity contribution in [3.05, 3.63) is 102 Å². The lowest BCUT2D eigenvalue weighted by Crippen LogP contribution is -2.66. The standard InChI is InChI=1S/C27H27NO2Si/c1-27(2,3)31(23-13-6-4-7-14-23,24-15-8-5-9-16-24)30-20-22-18-21-12-10-11-17-25(21)28-26(22)19-29/h4-19H,20H2,1-3H3. The fourth-order valence-corrected chi connectivity index (χ4v) is 8.87. The lowest BCUT2D eigenvalue weighted by molar-refractivity contribution is 0.111. The highest BCUT2D eigenvalue weighted by atomic mass is 28.4. The van der Waals surface area contributed by atoms with Gasteiger partial charge in [0.05, 0.1) is 12.1 Å². The lowest BCUT2D eigenvalue weighted by Gasteiger charge is -2.43. The molecule has 3 nitrogen and oxygen atoms in total. The highest BCUT2D eigenvalue weighted by molar-refractivity contribution is 6.99. The maximum atomic E-state index is 11.8. The third kappa shape index (κ3) is 3.97. The van der Waals surface area contributed by atoms with Gasteiger partial charge < -0.3 is 4.43 Å². The quantitative estimate of drug-likeness (QED) is 0.318. The Morgan fingerprint density at radius 1 is 0.839 bits per heavy atom. The number of carbonyl (C=O) groups is 1. The monoisotopic (exact) mass is 425 g/mol. The van der Waals surface area contributed by atoms with Crippen molar-refractivity contribution in [3.63, 3.8) is 0 Å². The van der Waals surface area contributed by atoms with Crippen LogP contribution in [0.5, 0.6) is 0 Å². The Labute approximate surface area is 184 Å². The van der Waals surface area contributed by atoms with Gasteiger partial charge in [-0.25, -0.2) is 4.98 Å². The van der Waals surface area contributed by atoms with Gasteiger partial charge in [-0.3, -0.25) is 4.79 Å². The molecule has 0 saturated carbocycles. The summed E-state index contributed by atoms with van der Waals surface area (Å²) in [4.78, 5) is 16.4. The summed E-state index contributed by atoms with van der Waals surface area (Å²) in [7, 11) is -2.68. The molecule has 0 spiro atoms. The Balaban J connectivity index is 1.85. The molecule has 1 heterocycles. The Morgan fingerprint density at radius 2 is 1.39 bits per heavy atom. The van der Waals surface area contributed by atoms with Gasteiger partial charge in [0.1, 0.15) is 5.69 Å². The van der Waals surface area contributed by atoms with Gasteiger partial charge in [-0.15, -0.1) is 0 Å². The summed E-state index contributed by atoms with van der Waals surface area (Å²) < 4.78 is 6.98. The minimum absolute atomic E-state index is 0.124. The number of pyridine rings is 1. The number of hydrogen-bond acceptors (Lipinski definition) is 3. The van der Waals surface area contributed by atoms with Crippen LogP contribution in [0.2, 0.25) is 5.04 Å². The summed E-state index contributed by atoms with van der Waals surface area (Å²) in [5.41, 5.74) is 2.08. The van der Waals surface area contributed by atoms with E-state index in [1.807, 2.05) is 42.5 Å². The van der Waals surface area contributed by atoms with Crippen LogP contribution in [-0.4, -0.2) is 19.6 Å². The van der Waals surface area contributed by atoms with Gasteiger partial charge in [-0.2, -0.15) is 0 Å². The van der Waals surface area contributed by atoms with Gasteiger partial charge >= 0.3 is 0 Å². The second kappa shape index (κ2) is 8.58. The molecule has 0 fully saturated rings. The Kier molecular flexibility index (Phi) is 5.85. The summed E-state index contributed by atoms with van der Waals surface area (Å²) in [6.45, 7) is 7.08. The average molecular weight is 426 g/mol. The molecule has 1 aromatic heterocycles. The molecular formula is C27H27NO2Si. The van der Waals surface area contributed by atoms with E-state index in [2.05, 4.69) is 74.3 Å². The lowest BCUT2D eigenvalue weighted by atomic mass is 10.1. The zero-order valence-electron chi connectivity index (χ0n) is 18.2. The van der Waals surface area contributed by atoms with Gasteiger partial charge in [0.2, 0.25) is 0 Å². The topological polar surface area (TPSA) is 39.2 Å². The summed E-state index contributed by atoms with van der Waals surface area (Å²) >= 11 is 0. The number of fused-ring (bicyclic) bond motifs is 1. The highest BCUT2D eigenvalue weighted by Crippen LogP contribution is 2.37. The molecule has 156 valence electrons. The average Bonchev–Trinajstić information content (AvgIpc) is 2.79. The first-order valence-corrected chi connectivity index (χ1v) is 12.5. The number of benzene rings is 3. The molecule has 4 aromatic rings. The first kappa shape index (κ1) is 21.2. The number of para-hydroxylation sites is 1.